The van der Waals surface area contributed by atoms with Gasteiger partial charge in [-0.2, -0.15) is 18.2 Å². The summed E-state index contributed by atoms with van der Waals surface area (Å²) in [6.07, 6.45) is -4.95. The number of alkyl halides is 3. The molecule has 1 saturated heterocycles. The summed E-state index contributed by atoms with van der Waals surface area (Å²) in [5.74, 6) is 0.639. The van der Waals surface area contributed by atoms with Gasteiger partial charge < -0.3 is 14.4 Å². The van der Waals surface area contributed by atoms with Crippen molar-refractivity contribution in [3.63, 3.8) is 0 Å². The van der Waals surface area contributed by atoms with Crippen molar-refractivity contribution in [2.24, 2.45) is 0 Å². The van der Waals surface area contributed by atoms with Crippen LogP contribution in [0.4, 0.5) is 13.2 Å². The van der Waals surface area contributed by atoms with Crippen LogP contribution < -0.4 is 0 Å². The number of halogens is 3. The molecule has 25 heavy (non-hydrogen) atoms. The Morgan fingerprint density at radius 2 is 2.12 bits per heavy atom. The highest BCUT2D eigenvalue weighted by molar-refractivity contribution is 5.33. The quantitative estimate of drug-likeness (QED) is 0.887. The fourth-order valence-electron chi connectivity index (χ4n) is 3.14. The first-order valence-electron chi connectivity index (χ1n) is 7.77. The van der Waals surface area contributed by atoms with Crippen LogP contribution in [0.25, 0.3) is 0 Å². The van der Waals surface area contributed by atoms with E-state index >= 15 is 0 Å². The lowest BCUT2D eigenvalue weighted by molar-refractivity contribution is -0.138. The molecule has 0 aliphatic carbocycles. The Bertz CT molecular complexity index is 720. The molecule has 0 amide bonds. The van der Waals surface area contributed by atoms with Crippen LogP contribution >= 0.6 is 0 Å². The SMILES string of the molecule is COCc1noc(CN2CC(O)CC2c2ccccc2C(F)(F)F)n1. The van der Waals surface area contributed by atoms with Crippen LogP contribution in [0.5, 0.6) is 0 Å². The Hall–Kier alpha value is -1.97. The van der Waals surface area contributed by atoms with E-state index in [4.69, 9.17) is 9.26 Å². The van der Waals surface area contributed by atoms with Crippen LogP contribution in [0.15, 0.2) is 28.8 Å². The fourth-order valence-corrected chi connectivity index (χ4v) is 3.14. The summed E-state index contributed by atoms with van der Waals surface area (Å²) in [6.45, 7) is 0.579. The van der Waals surface area contributed by atoms with E-state index in [9.17, 15) is 18.3 Å². The van der Waals surface area contributed by atoms with E-state index in [2.05, 4.69) is 10.1 Å². The number of aliphatic hydroxyl groups is 1. The van der Waals surface area contributed by atoms with Crippen molar-refractivity contribution in [3.8, 4) is 0 Å². The van der Waals surface area contributed by atoms with Crippen molar-refractivity contribution in [2.75, 3.05) is 13.7 Å². The molecule has 0 saturated carbocycles. The minimum Gasteiger partial charge on any atom is -0.392 e. The Kier molecular flexibility index (Phi) is 5.07. The lowest BCUT2D eigenvalue weighted by Crippen LogP contribution is -2.26. The summed E-state index contributed by atoms with van der Waals surface area (Å²) in [6, 6.07) is 4.85. The van der Waals surface area contributed by atoms with E-state index in [0.717, 1.165) is 6.07 Å². The molecule has 3 rings (SSSR count). The molecule has 0 bridgehead atoms. The monoisotopic (exact) mass is 357 g/mol. The number of aromatic nitrogens is 2. The van der Waals surface area contributed by atoms with Gasteiger partial charge >= 0.3 is 6.18 Å². The Morgan fingerprint density at radius 1 is 1.36 bits per heavy atom. The van der Waals surface area contributed by atoms with Crippen molar-refractivity contribution in [3.05, 3.63) is 47.1 Å². The Morgan fingerprint density at radius 3 is 2.84 bits per heavy atom. The summed E-state index contributed by atoms with van der Waals surface area (Å²) in [7, 11) is 1.50. The van der Waals surface area contributed by atoms with Gasteiger partial charge in [0.2, 0.25) is 5.89 Å². The molecule has 1 aromatic heterocycles. The van der Waals surface area contributed by atoms with Crippen LogP contribution in [0.1, 0.15) is 35.3 Å². The molecule has 2 atom stereocenters. The first-order valence-corrected chi connectivity index (χ1v) is 7.77. The average Bonchev–Trinajstić information content (AvgIpc) is 3.14. The maximum atomic E-state index is 13.3. The average molecular weight is 357 g/mol. The van der Waals surface area contributed by atoms with E-state index < -0.39 is 23.9 Å². The van der Waals surface area contributed by atoms with E-state index in [0.29, 0.717) is 5.82 Å². The normalized spacial score (nSPS) is 21.8. The van der Waals surface area contributed by atoms with Gasteiger partial charge in [-0.25, -0.2) is 0 Å². The van der Waals surface area contributed by atoms with Gasteiger partial charge in [-0.15, -0.1) is 0 Å². The zero-order valence-electron chi connectivity index (χ0n) is 13.5. The molecular formula is C16H18F3N3O3. The van der Waals surface area contributed by atoms with E-state index in [1.54, 1.807) is 11.0 Å². The van der Waals surface area contributed by atoms with Crippen LogP contribution in [-0.4, -0.2) is 39.9 Å². The number of hydrogen-bond donors (Lipinski definition) is 1. The third kappa shape index (κ3) is 4.00. The molecule has 136 valence electrons. The number of rotatable bonds is 5. The number of benzene rings is 1. The molecule has 1 aliphatic rings. The van der Waals surface area contributed by atoms with Crippen LogP contribution in [-0.2, 0) is 24.1 Å². The standard InChI is InChI=1S/C16H18F3N3O3/c1-24-9-14-20-15(25-21-14)8-22-7-10(23)6-13(22)11-4-2-3-5-12(11)16(17,18)19/h2-5,10,13,23H,6-9H2,1H3. The molecule has 0 spiro atoms. The summed E-state index contributed by atoms with van der Waals surface area (Å²) in [5.41, 5.74) is -0.548. The first-order chi connectivity index (χ1) is 11.9. The Balaban J connectivity index is 1.85. The van der Waals surface area contributed by atoms with E-state index in [-0.39, 0.29) is 37.6 Å². The molecule has 9 heteroatoms. The Labute approximate surface area is 142 Å². The molecule has 6 nitrogen and oxygen atoms in total. The smallest absolute Gasteiger partial charge is 0.392 e. The summed E-state index contributed by atoms with van der Waals surface area (Å²) < 4.78 is 49.9. The molecule has 0 radical (unpaired) electrons. The van der Waals surface area contributed by atoms with Crippen molar-refractivity contribution in [2.45, 2.75) is 37.9 Å². The van der Waals surface area contributed by atoms with E-state index in [1.165, 1.54) is 19.2 Å². The maximum Gasteiger partial charge on any atom is 0.416 e. The number of methoxy groups -OCH3 is 1. The number of likely N-dealkylation sites (tertiary alicyclic amines) is 1. The van der Waals surface area contributed by atoms with Gasteiger partial charge in [-0.05, 0) is 18.1 Å². The molecule has 1 aliphatic heterocycles. The van der Waals surface area contributed by atoms with Gasteiger partial charge in [0.25, 0.3) is 0 Å². The topological polar surface area (TPSA) is 71.6 Å². The summed E-state index contributed by atoms with van der Waals surface area (Å²) in [5, 5.41) is 13.7. The van der Waals surface area contributed by atoms with Crippen molar-refractivity contribution >= 4 is 0 Å². The molecule has 1 fully saturated rings. The molecule has 2 heterocycles. The predicted octanol–water partition coefficient (Wildman–Crippen LogP) is 2.54. The zero-order chi connectivity index (χ0) is 18.0. The third-order valence-corrected chi connectivity index (χ3v) is 4.13. The van der Waals surface area contributed by atoms with E-state index in [1.807, 2.05) is 0 Å². The zero-order valence-corrected chi connectivity index (χ0v) is 13.5. The van der Waals surface area contributed by atoms with Gasteiger partial charge in [-0.1, -0.05) is 23.4 Å². The minimum atomic E-state index is -4.45. The lowest BCUT2D eigenvalue weighted by Gasteiger charge is -2.25. The lowest BCUT2D eigenvalue weighted by atomic mass is 9.97. The van der Waals surface area contributed by atoms with Gasteiger partial charge in [-0.3, -0.25) is 4.90 Å². The summed E-state index contributed by atoms with van der Waals surface area (Å²) >= 11 is 0. The first kappa shape index (κ1) is 17.8. The highest BCUT2D eigenvalue weighted by atomic mass is 19.4. The largest absolute Gasteiger partial charge is 0.416 e. The van der Waals surface area contributed by atoms with Crippen LogP contribution in [0.3, 0.4) is 0 Å². The second kappa shape index (κ2) is 7.11. The molecular weight excluding hydrogens is 339 g/mol. The van der Waals surface area contributed by atoms with Gasteiger partial charge in [0, 0.05) is 19.7 Å². The highest BCUT2D eigenvalue weighted by Gasteiger charge is 2.40. The van der Waals surface area contributed by atoms with Crippen molar-refractivity contribution in [1.29, 1.82) is 0 Å². The molecule has 1 N–H and O–H groups in total. The maximum absolute atomic E-state index is 13.3. The van der Waals surface area contributed by atoms with Crippen LogP contribution in [0.2, 0.25) is 0 Å². The number of β-amino-alcohol motifs (C(OH)–C–C–N with tert-alkyl or cyclic N) is 1. The molecule has 1 aromatic carbocycles. The van der Waals surface area contributed by atoms with Crippen molar-refractivity contribution in [1.82, 2.24) is 15.0 Å². The molecule has 2 aromatic rings. The minimum absolute atomic E-state index is 0.142. The number of ether oxygens (including phenoxy) is 1. The number of nitrogens with zero attached hydrogens (tertiary/aromatic N) is 3. The van der Waals surface area contributed by atoms with Gasteiger partial charge in [0.05, 0.1) is 18.2 Å². The predicted molar refractivity (Wildman–Crippen MR) is 80.2 cm³/mol. The number of aliphatic hydroxyl groups excluding tert-OH is 1. The number of hydrogen-bond acceptors (Lipinski definition) is 6. The van der Waals surface area contributed by atoms with Crippen molar-refractivity contribution < 1.29 is 27.5 Å². The second-order valence-corrected chi connectivity index (χ2v) is 5.96. The third-order valence-electron chi connectivity index (χ3n) is 4.13. The summed E-state index contributed by atoms with van der Waals surface area (Å²) in [4.78, 5) is 5.86. The highest BCUT2D eigenvalue weighted by Crippen LogP contribution is 2.40. The second-order valence-electron chi connectivity index (χ2n) is 5.96. The van der Waals surface area contributed by atoms with Gasteiger partial charge in [0.1, 0.15) is 6.61 Å². The molecule has 2 unspecified atom stereocenters. The fraction of sp³-hybridized carbons (Fsp3) is 0.500. The van der Waals surface area contributed by atoms with Gasteiger partial charge in [0.15, 0.2) is 5.82 Å². The van der Waals surface area contributed by atoms with Crippen LogP contribution in [0, 0.1) is 0 Å².